The lowest BCUT2D eigenvalue weighted by Crippen LogP contribution is -2.48. The Morgan fingerprint density at radius 2 is 1.84 bits per heavy atom. The first-order chi connectivity index (χ1) is 15.5. The third-order valence-electron chi connectivity index (χ3n) is 5.41. The van der Waals surface area contributed by atoms with Crippen molar-refractivity contribution in [2.24, 2.45) is 4.99 Å². The zero-order chi connectivity index (χ0) is 22.8. The Labute approximate surface area is 188 Å². The van der Waals surface area contributed by atoms with Crippen molar-refractivity contribution in [2.45, 2.75) is 32.4 Å². The number of para-hydroxylation sites is 1. The van der Waals surface area contributed by atoms with E-state index in [4.69, 9.17) is 0 Å². The standard InChI is InChI=1S/C24H32FN5O2/c1-2-26-24(28-14-13-27-23(32)21-5-3-4-6-22(21)31)29-20-11-15-30(16-12-20)17-18-7-9-19(25)10-8-18/h3-10,20,31H,2,11-17H2,1H3,(H,27,32)(H2,26,28,29). The van der Waals surface area contributed by atoms with E-state index in [1.54, 1.807) is 18.2 Å². The molecule has 0 atom stereocenters. The van der Waals surface area contributed by atoms with Crippen LogP contribution in [0.25, 0.3) is 0 Å². The molecule has 0 unspecified atom stereocenters. The zero-order valence-corrected chi connectivity index (χ0v) is 18.5. The molecule has 1 heterocycles. The van der Waals surface area contributed by atoms with Crippen molar-refractivity contribution in [3.05, 3.63) is 65.5 Å². The van der Waals surface area contributed by atoms with Gasteiger partial charge in [-0.05, 0) is 49.6 Å². The number of carbonyl (C=O) groups excluding carboxylic acids is 1. The number of likely N-dealkylation sites (tertiary alicyclic amines) is 1. The molecule has 2 aromatic carbocycles. The van der Waals surface area contributed by atoms with Gasteiger partial charge in [-0.25, -0.2) is 4.39 Å². The average Bonchev–Trinajstić information content (AvgIpc) is 2.80. The highest BCUT2D eigenvalue weighted by molar-refractivity contribution is 5.96. The van der Waals surface area contributed by atoms with E-state index >= 15 is 0 Å². The van der Waals surface area contributed by atoms with Crippen molar-refractivity contribution < 1.29 is 14.3 Å². The van der Waals surface area contributed by atoms with Crippen LogP contribution < -0.4 is 16.0 Å². The Bertz CT molecular complexity index is 896. The number of piperidine rings is 1. The second kappa shape index (κ2) is 12.0. The van der Waals surface area contributed by atoms with Crippen molar-refractivity contribution in [1.82, 2.24) is 20.9 Å². The van der Waals surface area contributed by atoms with Crippen LogP contribution in [0.5, 0.6) is 5.75 Å². The molecule has 172 valence electrons. The molecule has 1 amide bonds. The lowest BCUT2D eigenvalue weighted by atomic mass is 10.0. The number of nitrogens with zero attached hydrogens (tertiary/aromatic N) is 2. The second-order valence-corrected chi connectivity index (χ2v) is 7.85. The molecular weight excluding hydrogens is 409 g/mol. The van der Waals surface area contributed by atoms with Crippen LogP contribution in [0.15, 0.2) is 53.5 Å². The number of hydrogen-bond donors (Lipinski definition) is 4. The van der Waals surface area contributed by atoms with Crippen molar-refractivity contribution in [2.75, 3.05) is 32.7 Å². The Morgan fingerprint density at radius 3 is 2.53 bits per heavy atom. The summed E-state index contributed by atoms with van der Waals surface area (Å²) in [6, 6.07) is 13.5. The summed E-state index contributed by atoms with van der Waals surface area (Å²) in [6.45, 7) is 6.33. The van der Waals surface area contributed by atoms with E-state index in [2.05, 4.69) is 25.8 Å². The summed E-state index contributed by atoms with van der Waals surface area (Å²) in [4.78, 5) is 19.1. The predicted octanol–water partition coefficient (Wildman–Crippen LogP) is 2.48. The van der Waals surface area contributed by atoms with Gasteiger partial charge in [-0.15, -0.1) is 0 Å². The smallest absolute Gasteiger partial charge is 0.255 e. The van der Waals surface area contributed by atoms with Crippen LogP contribution in [0.4, 0.5) is 4.39 Å². The number of hydrogen-bond acceptors (Lipinski definition) is 4. The van der Waals surface area contributed by atoms with Gasteiger partial charge in [-0.1, -0.05) is 24.3 Å². The monoisotopic (exact) mass is 441 g/mol. The molecule has 0 saturated carbocycles. The van der Waals surface area contributed by atoms with Gasteiger partial charge in [0.2, 0.25) is 0 Å². The number of nitrogens with one attached hydrogen (secondary N) is 3. The van der Waals surface area contributed by atoms with Crippen LogP contribution in [0.1, 0.15) is 35.7 Å². The molecule has 0 spiro atoms. The van der Waals surface area contributed by atoms with E-state index in [9.17, 15) is 14.3 Å². The van der Waals surface area contributed by atoms with E-state index in [0.717, 1.165) is 50.5 Å². The van der Waals surface area contributed by atoms with Gasteiger partial charge in [0.05, 0.1) is 12.1 Å². The first-order valence-corrected chi connectivity index (χ1v) is 11.1. The van der Waals surface area contributed by atoms with Crippen LogP contribution in [-0.2, 0) is 6.54 Å². The molecule has 1 fully saturated rings. The number of guanidine groups is 1. The fraction of sp³-hybridized carbons (Fsp3) is 0.417. The maximum Gasteiger partial charge on any atom is 0.255 e. The highest BCUT2D eigenvalue weighted by Gasteiger charge is 2.20. The Kier molecular flexibility index (Phi) is 8.86. The average molecular weight is 442 g/mol. The molecule has 0 radical (unpaired) electrons. The van der Waals surface area contributed by atoms with E-state index < -0.39 is 0 Å². The number of benzene rings is 2. The maximum absolute atomic E-state index is 13.1. The quantitative estimate of drug-likeness (QED) is 0.287. The summed E-state index contributed by atoms with van der Waals surface area (Å²) in [5, 5.41) is 19.3. The van der Waals surface area contributed by atoms with Gasteiger partial charge in [-0.3, -0.25) is 14.7 Å². The molecule has 1 saturated heterocycles. The van der Waals surface area contributed by atoms with E-state index in [1.165, 1.54) is 18.2 Å². The normalized spacial score (nSPS) is 15.4. The molecule has 2 aromatic rings. The number of amides is 1. The lowest BCUT2D eigenvalue weighted by Gasteiger charge is -2.33. The molecule has 7 nitrogen and oxygen atoms in total. The van der Waals surface area contributed by atoms with Crippen LogP contribution in [0, 0.1) is 5.82 Å². The van der Waals surface area contributed by atoms with Gasteiger partial charge in [0.1, 0.15) is 11.6 Å². The van der Waals surface area contributed by atoms with Crippen molar-refractivity contribution in [3.63, 3.8) is 0 Å². The number of rotatable bonds is 8. The fourth-order valence-electron chi connectivity index (χ4n) is 3.69. The first-order valence-electron chi connectivity index (χ1n) is 11.1. The number of phenolic OH excluding ortho intramolecular Hbond substituents is 1. The summed E-state index contributed by atoms with van der Waals surface area (Å²) in [5.74, 6) is 0.185. The molecule has 3 rings (SSSR count). The maximum atomic E-state index is 13.1. The summed E-state index contributed by atoms with van der Waals surface area (Å²) in [6.07, 6.45) is 1.99. The van der Waals surface area contributed by atoms with E-state index in [-0.39, 0.29) is 23.0 Å². The minimum absolute atomic E-state index is 0.0331. The molecule has 1 aliphatic heterocycles. The number of aliphatic imine (C=N–C) groups is 1. The third-order valence-corrected chi connectivity index (χ3v) is 5.41. The topological polar surface area (TPSA) is 89.0 Å². The van der Waals surface area contributed by atoms with Gasteiger partial charge in [0.15, 0.2) is 5.96 Å². The molecular formula is C24H32FN5O2. The summed E-state index contributed by atoms with van der Waals surface area (Å²) in [7, 11) is 0. The molecule has 4 N–H and O–H groups in total. The fourth-order valence-corrected chi connectivity index (χ4v) is 3.69. The Hall–Kier alpha value is -3.13. The summed E-state index contributed by atoms with van der Waals surface area (Å²) >= 11 is 0. The molecule has 0 aromatic heterocycles. The van der Waals surface area contributed by atoms with E-state index in [1.807, 2.05) is 19.1 Å². The van der Waals surface area contributed by atoms with Crippen LogP contribution >= 0.6 is 0 Å². The zero-order valence-electron chi connectivity index (χ0n) is 18.5. The minimum atomic E-state index is -0.315. The van der Waals surface area contributed by atoms with Gasteiger partial charge < -0.3 is 21.1 Å². The molecule has 32 heavy (non-hydrogen) atoms. The number of halogens is 1. The summed E-state index contributed by atoms with van der Waals surface area (Å²) < 4.78 is 13.1. The SMILES string of the molecule is CCNC(=NCCNC(=O)c1ccccc1O)NC1CCN(Cc2ccc(F)cc2)CC1. The molecule has 1 aliphatic rings. The van der Waals surface area contributed by atoms with E-state index in [0.29, 0.717) is 19.1 Å². The minimum Gasteiger partial charge on any atom is -0.507 e. The number of phenols is 1. The van der Waals surface area contributed by atoms with Crippen molar-refractivity contribution in [3.8, 4) is 5.75 Å². The molecule has 8 heteroatoms. The highest BCUT2D eigenvalue weighted by Crippen LogP contribution is 2.15. The molecule has 0 aliphatic carbocycles. The van der Waals surface area contributed by atoms with Crippen LogP contribution in [-0.4, -0.2) is 60.6 Å². The third kappa shape index (κ3) is 7.23. The van der Waals surface area contributed by atoms with Crippen LogP contribution in [0.2, 0.25) is 0 Å². The first kappa shape index (κ1) is 23.5. The molecule has 0 bridgehead atoms. The number of carbonyl (C=O) groups is 1. The van der Waals surface area contributed by atoms with Crippen molar-refractivity contribution >= 4 is 11.9 Å². The Balaban J connectivity index is 1.41. The van der Waals surface area contributed by atoms with Gasteiger partial charge in [0.25, 0.3) is 5.91 Å². The van der Waals surface area contributed by atoms with Gasteiger partial charge in [-0.2, -0.15) is 0 Å². The second-order valence-electron chi connectivity index (χ2n) is 7.85. The predicted molar refractivity (Wildman–Crippen MR) is 124 cm³/mol. The Morgan fingerprint density at radius 1 is 1.12 bits per heavy atom. The van der Waals surface area contributed by atoms with Gasteiger partial charge >= 0.3 is 0 Å². The largest absolute Gasteiger partial charge is 0.507 e. The highest BCUT2D eigenvalue weighted by atomic mass is 19.1. The lowest BCUT2D eigenvalue weighted by molar-refractivity contribution is 0.0952. The van der Waals surface area contributed by atoms with Crippen LogP contribution in [0.3, 0.4) is 0 Å². The summed E-state index contributed by atoms with van der Waals surface area (Å²) in [5.41, 5.74) is 1.38. The van der Waals surface area contributed by atoms with Crippen molar-refractivity contribution in [1.29, 1.82) is 0 Å². The van der Waals surface area contributed by atoms with Gasteiger partial charge in [0, 0.05) is 38.8 Å². The number of aromatic hydroxyl groups is 1.